The molecule has 1 aromatic carbocycles. The fourth-order valence-corrected chi connectivity index (χ4v) is 1.72. The summed E-state index contributed by atoms with van der Waals surface area (Å²) in [6.07, 6.45) is 0.632. The van der Waals surface area contributed by atoms with Gasteiger partial charge in [0.1, 0.15) is 5.82 Å². The average molecular weight is 270 g/mol. The summed E-state index contributed by atoms with van der Waals surface area (Å²) in [4.78, 5) is 2.56. The van der Waals surface area contributed by atoms with Crippen molar-refractivity contribution in [1.82, 2.24) is 4.90 Å². The number of nitrogens with zero attached hydrogens (tertiary/aromatic N) is 1. The van der Waals surface area contributed by atoms with Gasteiger partial charge in [0.2, 0.25) is 0 Å². The van der Waals surface area contributed by atoms with Crippen LogP contribution in [-0.2, 0) is 11.3 Å². The molecule has 0 aromatic heterocycles. The normalized spacial score (nSPS) is 10.8. The fourth-order valence-electron chi connectivity index (χ4n) is 1.63. The van der Waals surface area contributed by atoms with Crippen molar-refractivity contribution in [3.63, 3.8) is 0 Å². The largest absolute Gasteiger partial charge is 0.393 e. The maximum atomic E-state index is 13.6. The van der Waals surface area contributed by atoms with Crippen LogP contribution in [0.1, 0.15) is 12.0 Å². The Bertz CT molecular complexity index is 387. The first-order valence-electron chi connectivity index (χ1n) is 5.86. The number of rotatable bonds is 8. The van der Waals surface area contributed by atoms with Gasteiger partial charge >= 0.3 is 0 Å². The number of benzene rings is 1. The summed E-state index contributed by atoms with van der Waals surface area (Å²) in [5.41, 5.74) is 6.17. The van der Waals surface area contributed by atoms with Crippen LogP contribution in [-0.4, -0.2) is 36.7 Å². The van der Waals surface area contributed by atoms with Gasteiger partial charge in [-0.1, -0.05) is 30.4 Å². The predicted molar refractivity (Wildman–Crippen MR) is 75.0 cm³/mol. The molecule has 0 atom stereocenters. The molecule has 3 nitrogen and oxygen atoms in total. The predicted octanol–water partition coefficient (Wildman–Crippen LogP) is 1.95. The van der Waals surface area contributed by atoms with Crippen LogP contribution < -0.4 is 5.73 Å². The third-order valence-corrected chi connectivity index (χ3v) is 2.84. The molecule has 0 unspecified atom stereocenters. The van der Waals surface area contributed by atoms with Gasteiger partial charge < -0.3 is 10.5 Å². The smallest absolute Gasteiger partial charge is 0.127 e. The second-order valence-electron chi connectivity index (χ2n) is 4.08. The molecule has 5 heteroatoms. The summed E-state index contributed by atoms with van der Waals surface area (Å²) in [5.74, 6) is -0.185. The molecule has 0 saturated carbocycles. The zero-order valence-corrected chi connectivity index (χ0v) is 11.4. The van der Waals surface area contributed by atoms with E-state index >= 15 is 0 Å². The summed E-state index contributed by atoms with van der Waals surface area (Å²) in [6.45, 7) is 2.59. The molecule has 2 N–H and O–H groups in total. The van der Waals surface area contributed by atoms with Gasteiger partial charge in [-0.25, -0.2) is 4.39 Å². The summed E-state index contributed by atoms with van der Waals surface area (Å²) in [5, 5.41) is 0. The SMILES string of the molecule is COCCN(CCC(N)=S)Cc1ccccc1F. The quantitative estimate of drug-likeness (QED) is 0.733. The molecule has 0 aliphatic heterocycles. The van der Waals surface area contributed by atoms with Gasteiger partial charge in [0.15, 0.2) is 0 Å². The lowest BCUT2D eigenvalue weighted by Gasteiger charge is -2.22. The zero-order chi connectivity index (χ0) is 13.4. The van der Waals surface area contributed by atoms with Crippen molar-refractivity contribution >= 4 is 17.2 Å². The summed E-state index contributed by atoms with van der Waals surface area (Å²) >= 11 is 4.86. The highest BCUT2D eigenvalue weighted by atomic mass is 32.1. The van der Waals surface area contributed by atoms with Crippen molar-refractivity contribution in [1.29, 1.82) is 0 Å². The Kier molecular flexibility index (Phi) is 6.78. The summed E-state index contributed by atoms with van der Waals surface area (Å²) < 4.78 is 18.6. The van der Waals surface area contributed by atoms with E-state index in [1.807, 2.05) is 6.07 Å². The second kappa shape index (κ2) is 8.13. The monoisotopic (exact) mass is 270 g/mol. The van der Waals surface area contributed by atoms with Crippen LogP contribution in [0.4, 0.5) is 4.39 Å². The molecular weight excluding hydrogens is 251 g/mol. The number of ether oxygens (including phenoxy) is 1. The van der Waals surface area contributed by atoms with E-state index in [-0.39, 0.29) is 5.82 Å². The Morgan fingerprint density at radius 2 is 2.11 bits per heavy atom. The highest BCUT2D eigenvalue weighted by Crippen LogP contribution is 2.10. The Morgan fingerprint density at radius 3 is 2.72 bits per heavy atom. The Balaban J connectivity index is 2.59. The molecule has 0 bridgehead atoms. The van der Waals surface area contributed by atoms with Crippen LogP contribution in [0.5, 0.6) is 0 Å². The molecule has 0 fully saturated rings. The van der Waals surface area contributed by atoms with Gasteiger partial charge in [0.25, 0.3) is 0 Å². The number of thiocarbonyl (C=S) groups is 1. The van der Waals surface area contributed by atoms with Gasteiger partial charge in [-0.15, -0.1) is 0 Å². The molecular formula is C13H19FN2OS. The minimum absolute atomic E-state index is 0.185. The minimum Gasteiger partial charge on any atom is -0.393 e. The van der Waals surface area contributed by atoms with Crippen LogP contribution in [0.2, 0.25) is 0 Å². The zero-order valence-electron chi connectivity index (χ0n) is 10.6. The van der Waals surface area contributed by atoms with E-state index in [4.69, 9.17) is 22.7 Å². The van der Waals surface area contributed by atoms with Crippen molar-refractivity contribution in [3.8, 4) is 0 Å². The first kappa shape index (κ1) is 15.0. The van der Waals surface area contributed by atoms with E-state index in [0.717, 1.165) is 6.54 Å². The molecule has 1 aromatic rings. The van der Waals surface area contributed by atoms with E-state index in [1.54, 1.807) is 19.2 Å². The number of hydrogen-bond acceptors (Lipinski definition) is 3. The van der Waals surface area contributed by atoms with E-state index in [2.05, 4.69) is 4.90 Å². The second-order valence-corrected chi connectivity index (χ2v) is 4.60. The van der Waals surface area contributed by atoms with Gasteiger partial charge in [-0.2, -0.15) is 0 Å². The number of halogens is 1. The Morgan fingerprint density at radius 1 is 1.39 bits per heavy atom. The standard InChI is InChI=1S/C13H19FN2OS/c1-17-9-8-16(7-6-13(15)18)10-11-4-2-3-5-12(11)14/h2-5H,6-10H2,1H3,(H2,15,18). The van der Waals surface area contributed by atoms with Crippen LogP contribution in [0, 0.1) is 5.82 Å². The van der Waals surface area contributed by atoms with E-state index < -0.39 is 0 Å². The van der Waals surface area contributed by atoms with E-state index in [0.29, 0.717) is 36.7 Å². The van der Waals surface area contributed by atoms with Gasteiger partial charge in [0.05, 0.1) is 11.6 Å². The average Bonchev–Trinajstić information content (AvgIpc) is 2.35. The molecule has 0 aliphatic carbocycles. The van der Waals surface area contributed by atoms with Crippen molar-refractivity contribution in [3.05, 3.63) is 35.6 Å². The summed E-state index contributed by atoms with van der Waals surface area (Å²) in [6, 6.07) is 6.78. The molecule has 1 rings (SSSR count). The van der Waals surface area contributed by atoms with Crippen LogP contribution >= 0.6 is 12.2 Å². The first-order valence-corrected chi connectivity index (χ1v) is 6.27. The van der Waals surface area contributed by atoms with Gasteiger partial charge in [-0.3, -0.25) is 4.90 Å². The molecule has 0 saturated heterocycles. The lowest BCUT2D eigenvalue weighted by atomic mass is 10.2. The van der Waals surface area contributed by atoms with Crippen molar-refractivity contribution in [2.75, 3.05) is 26.8 Å². The topological polar surface area (TPSA) is 38.5 Å². The maximum absolute atomic E-state index is 13.6. The lowest BCUT2D eigenvalue weighted by molar-refractivity contribution is 0.145. The highest BCUT2D eigenvalue weighted by Gasteiger charge is 2.09. The van der Waals surface area contributed by atoms with Crippen LogP contribution in [0.3, 0.4) is 0 Å². The molecule has 0 spiro atoms. The van der Waals surface area contributed by atoms with Crippen LogP contribution in [0.25, 0.3) is 0 Å². The number of methoxy groups -OCH3 is 1. The van der Waals surface area contributed by atoms with Crippen molar-refractivity contribution in [2.24, 2.45) is 5.73 Å². The third-order valence-electron chi connectivity index (χ3n) is 2.64. The number of nitrogens with two attached hydrogens (primary N) is 1. The lowest BCUT2D eigenvalue weighted by Crippen LogP contribution is -2.30. The van der Waals surface area contributed by atoms with Gasteiger partial charge in [0, 0.05) is 38.7 Å². The fraction of sp³-hybridized carbons (Fsp3) is 0.462. The molecule has 100 valence electrons. The summed E-state index contributed by atoms with van der Waals surface area (Å²) in [7, 11) is 1.65. The van der Waals surface area contributed by atoms with Crippen molar-refractivity contribution < 1.29 is 9.13 Å². The maximum Gasteiger partial charge on any atom is 0.127 e. The Hall–Kier alpha value is -1.04. The van der Waals surface area contributed by atoms with Crippen LogP contribution in [0.15, 0.2) is 24.3 Å². The highest BCUT2D eigenvalue weighted by molar-refractivity contribution is 7.80. The third kappa shape index (κ3) is 5.53. The minimum atomic E-state index is -0.185. The number of hydrogen-bond donors (Lipinski definition) is 1. The van der Waals surface area contributed by atoms with Gasteiger partial charge in [-0.05, 0) is 6.07 Å². The molecule has 18 heavy (non-hydrogen) atoms. The Labute approximate surface area is 113 Å². The first-order chi connectivity index (χ1) is 8.63. The van der Waals surface area contributed by atoms with Crippen molar-refractivity contribution in [2.45, 2.75) is 13.0 Å². The molecule has 0 aliphatic rings. The van der Waals surface area contributed by atoms with E-state index in [9.17, 15) is 4.39 Å². The molecule has 0 amide bonds. The van der Waals surface area contributed by atoms with E-state index in [1.165, 1.54) is 6.07 Å². The molecule has 0 radical (unpaired) electrons. The molecule has 0 heterocycles.